The van der Waals surface area contributed by atoms with Gasteiger partial charge in [-0.2, -0.15) is 0 Å². The summed E-state index contributed by atoms with van der Waals surface area (Å²) in [7, 11) is -3.50. The standard InChI is InChI=1S/C20H19N5O3S/c21-19-17(18-8-3-13(10-23-18)20(22)26)9-14(11-24-19)12-1-6-16(7-2-12)29(27,28)25-15-4-5-15/h1-3,6-11,15,25H,4-5H2,(H2,21,24)(H2,22,26). The number of nitrogen functional groups attached to an aromatic ring is 1. The Balaban J connectivity index is 1.64. The first-order valence-corrected chi connectivity index (χ1v) is 10.5. The van der Waals surface area contributed by atoms with Crippen molar-refractivity contribution >= 4 is 21.7 Å². The molecule has 4 rings (SSSR count). The number of primary amides is 1. The van der Waals surface area contributed by atoms with E-state index in [4.69, 9.17) is 11.5 Å². The van der Waals surface area contributed by atoms with Crippen LogP contribution in [-0.2, 0) is 10.0 Å². The average Bonchev–Trinajstić information content (AvgIpc) is 3.52. The second-order valence-corrected chi connectivity index (χ2v) is 8.59. The quantitative estimate of drug-likeness (QED) is 0.568. The van der Waals surface area contributed by atoms with Crippen LogP contribution in [0, 0.1) is 0 Å². The van der Waals surface area contributed by atoms with Gasteiger partial charge in [0.15, 0.2) is 0 Å². The third-order valence-electron chi connectivity index (χ3n) is 4.64. The number of anilines is 1. The predicted octanol–water partition coefficient (Wildman–Crippen LogP) is 1.93. The van der Waals surface area contributed by atoms with Crippen molar-refractivity contribution < 1.29 is 13.2 Å². The molecule has 1 aliphatic rings. The molecule has 0 unspecified atom stereocenters. The normalized spacial score (nSPS) is 13.9. The number of nitrogens with one attached hydrogen (secondary N) is 1. The van der Waals surface area contributed by atoms with Gasteiger partial charge in [-0.3, -0.25) is 9.78 Å². The van der Waals surface area contributed by atoms with E-state index in [1.165, 1.54) is 6.20 Å². The summed E-state index contributed by atoms with van der Waals surface area (Å²) in [5.41, 5.74) is 14.2. The number of nitrogens with zero attached hydrogens (tertiary/aromatic N) is 2. The highest BCUT2D eigenvalue weighted by atomic mass is 32.2. The molecule has 148 valence electrons. The second-order valence-electron chi connectivity index (χ2n) is 6.87. The number of nitrogens with two attached hydrogens (primary N) is 2. The van der Waals surface area contributed by atoms with Crippen LogP contribution in [-0.4, -0.2) is 30.3 Å². The molecule has 3 aromatic rings. The zero-order valence-corrected chi connectivity index (χ0v) is 16.2. The molecule has 0 atom stereocenters. The van der Waals surface area contributed by atoms with Gasteiger partial charge < -0.3 is 11.5 Å². The molecule has 0 bridgehead atoms. The maximum atomic E-state index is 12.3. The molecule has 2 aromatic heterocycles. The van der Waals surface area contributed by atoms with Crippen LogP contribution in [0.2, 0.25) is 0 Å². The first kappa shape index (κ1) is 19.0. The lowest BCUT2D eigenvalue weighted by Gasteiger charge is -2.10. The number of sulfonamides is 1. The Morgan fingerprint density at radius 1 is 1.00 bits per heavy atom. The fourth-order valence-electron chi connectivity index (χ4n) is 2.85. The van der Waals surface area contributed by atoms with Gasteiger partial charge in [0, 0.05) is 29.6 Å². The Labute approximate surface area is 168 Å². The molecular formula is C20H19N5O3S. The maximum absolute atomic E-state index is 12.3. The highest BCUT2D eigenvalue weighted by molar-refractivity contribution is 7.89. The number of aromatic nitrogens is 2. The van der Waals surface area contributed by atoms with E-state index in [9.17, 15) is 13.2 Å². The second kappa shape index (κ2) is 7.26. The fraction of sp³-hybridized carbons (Fsp3) is 0.150. The monoisotopic (exact) mass is 409 g/mol. The zero-order valence-electron chi connectivity index (χ0n) is 15.4. The molecule has 0 radical (unpaired) electrons. The van der Waals surface area contributed by atoms with Gasteiger partial charge in [0.1, 0.15) is 5.82 Å². The number of rotatable bonds is 6. The molecule has 1 aromatic carbocycles. The van der Waals surface area contributed by atoms with Crippen LogP contribution in [0.1, 0.15) is 23.2 Å². The number of pyridine rings is 2. The number of hydrogen-bond acceptors (Lipinski definition) is 6. The predicted molar refractivity (Wildman–Crippen MR) is 109 cm³/mol. The molecule has 1 saturated carbocycles. The third-order valence-corrected chi connectivity index (χ3v) is 6.18. The van der Waals surface area contributed by atoms with Gasteiger partial charge in [-0.05, 0) is 48.7 Å². The van der Waals surface area contributed by atoms with Crippen LogP contribution in [0.4, 0.5) is 5.82 Å². The first-order chi connectivity index (χ1) is 13.8. The average molecular weight is 409 g/mol. The zero-order chi connectivity index (χ0) is 20.6. The smallest absolute Gasteiger partial charge is 0.250 e. The van der Waals surface area contributed by atoms with Gasteiger partial charge in [0.05, 0.1) is 16.2 Å². The van der Waals surface area contributed by atoms with Gasteiger partial charge in [-0.25, -0.2) is 18.1 Å². The molecule has 1 fully saturated rings. The minimum atomic E-state index is -3.50. The van der Waals surface area contributed by atoms with Gasteiger partial charge >= 0.3 is 0 Å². The summed E-state index contributed by atoms with van der Waals surface area (Å²) in [6.45, 7) is 0. The Morgan fingerprint density at radius 2 is 1.72 bits per heavy atom. The molecule has 0 spiro atoms. The van der Waals surface area contributed by atoms with Crippen molar-refractivity contribution in [3.8, 4) is 22.4 Å². The van der Waals surface area contributed by atoms with Crippen molar-refractivity contribution in [2.75, 3.05) is 5.73 Å². The lowest BCUT2D eigenvalue weighted by molar-refractivity contribution is 0.1000. The van der Waals surface area contributed by atoms with Crippen molar-refractivity contribution in [3.63, 3.8) is 0 Å². The van der Waals surface area contributed by atoms with Gasteiger partial charge in [-0.1, -0.05) is 12.1 Å². The largest absolute Gasteiger partial charge is 0.383 e. The molecule has 0 saturated heterocycles. The SMILES string of the molecule is NC(=O)c1ccc(-c2cc(-c3ccc(S(=O)(=O)NC4CC4)cc3)cnc2N)nc1. The van der Waals surface area contributed by atoms with Crippen LogP contribution in [0.5, 0.6) is 0 Å². The number of carbonyl (C=O) groups excluding carboxylic acids is 1. The maximum Gasteiger partial charge on any atom is 0.250 e. The van der Waals surface area contributed by atoms with E-state index < -0.39 is 15.9 Å². The van der Waals surface area contributed by atoms with E-state index >= 15 is 0 Å². The van der Waals surface area contributed by atoms with Gasteiger partial charge in [0.25, 0.3) is 0 Å². The molecule has 2 heterocycles. The number of amides is 1. The Bertz CT molecular complexity index is 1170. The summed E-state index contributed by atoms with van der Waals surface area (Å²) >= 11 is 0. The van der Waals surface area contributed by atoms with Crippen molar-refractivity contribution in [1.29, 1.82) is 0 Å². The Hall–Kier alpha value is -3.30. The van der Waals surface area contributed by atoms with Crippen LogP contribution in [0.15, 0.2) is 59.8 Å². The van der Waals surface area contributed by atoms with Gasteiger partial charge in [-0.15, -0.1) is 0 Å². The molecular weight excluding hydrogens is 390 g/mol. The van der Waals surface area contributed by atoms with Crippen LogP contribution in [0.25, 0.3) is 22.4 Å². The van der Waals surface area contributed by atoms with Crippen molar-refractivity contribution in [2.45, 2.75) is 23.8 Å². The van der Waals surface area contributed by atoms with Crippen molar-refractivity contribution in [2.24, 2.45) is 5.73 Å². The lowest BCUT2D eigenvalue weighted by Crippen LogP contribution is -2.25. The highest BCUT2D eigenvalue weighted by Crippen LogP contribution is 2.29. The minimum Gasteiger partial charge on any atom is -0.383 e. The van der Waals surface area contributed by atoms with E-state index in [0.717, 1.165) is 24.0 Å². The highest BCUT2D eigenvalue weighted by Gasteiger charge is 2.27. The van der Waals surface area contributed by atoms with E-state index in [1.807, 2.05) is 6.07 Å². The van der Waals surface area contributed by atoms with Gasteiger partial charge in [0.2, 0.25) is 15.9 Å². The summed E-state index contributed by atoms with van der Waals surface area (Å²) in [6, 6.07) is 11.7. The Kier molecular flexibility index (Phi) is 4.77. The molecule has 9 heteroatoms. The topological polar surface area (TPSA) is 141 Å². The van der Waals surface area contributed by atoms with E-state index in [-0.39, 0.29) is 10.9 Å². The molecule has 0 aliphatic heterocycles. The van der Waals surface area contributed by atoms with Crippen molar-refractivity contribution in [1.82, 2.24) is 14.7 Å². The Morgan fingerprint density at radius 3 is 2.31 bits per heavy atom. The molecule has 8 nitrogen and oxygen atoms in total. The van der Waals surface area contributed by atoms with E-state index in [2.05, 4.69) is 14.7 Å². The lowest BCUT2D eigenvalue weighted by atomic mass is 10.0. The number of carbonyl (C=O) groups is 1. The molecule has 1 amide bonds. The van der Waals surface area contributed by atoms with E-state index in [0.29, 0.717) is 22.6 Å². The summed E-state index contributed by atoms with van der Waals surface area (Å²) in [6.07, 6.45) is 4.76. The number of hydrogen-bond donors (Lipinski definition) is 3. The first-order valence-electron chi connectivity index (χ1n) is 8.98. The molecule has 29 heavy (non-hydrogen) atoms. The number of benzene rings is 1. The van der Waals surface area contributed by atoms with Crippen LogP contribution >= 0.6 is 0 Å². The van der Waals surface area contributed by atoms with Crippen molar-refractivity contribution in [3.05, 3.63) is 60.4 Å². The van der Waals surface area contributed by atoms with Crippen LogP contribution < -0.4 is 16.2 Å². The molecule has 1 aliphatic carbocycles. The van der Waals surface area contributed by atoms with Crippen LogP contribution in [0.3, 0.4) is 0 Å². The summed E-state index contributed by atoms with van der Waals surface area (Å²) in [4.78, 5) is 19.9. The minimum absolute atomic E-state index is 0.0528. The third kappa shape index (κ3) is 4.10. The fourth-order valence-corrected chi connectivity index (χ4v) is 4.16. The summed E-state index contributed by atoms with van der Waals surface area (Å²) in [5.74, 6) is -0.268. The summed E-state index contributed by atoms with van der Waals surface area (Å²) < 4.78 is 27.3. The molecule has 5 N–H and O–H groups in total. The van der Waals surface area contributed by atoms with E-state index in [1.54, 1.807) is 42.6 Å². The summed E-state index contributed by atoms with van der Waals surface area (Å²) in [5, 5.41) is 0.